The van der Waals surface area contributed by atoms with Gasteiger partial charge in [0.05, 0.1) is 41.0 Å². The van der Waals surface area contributed by atoms with E-state index in [9.17, 15) is 33.6 Å². The summed E-state index contributed by atoms with van der Waals surface area (Å²) in [7, 11) is 0. The molecule has 6 aliphatic rings. The molecular formula is C60H75F2N9O9. The number of rotatable bonds is 15. The Hall–Kier alpha value is -6.80. The topological polar surface area (TPSA) is 198 Å². The lowest BCUT2D eigenvalue weighted by atomic mass is 9.83. The van der Waals surface area contributed by atoms with Crippen LogP contribution in [0.1, 0.15) is 135 Å². The molecule has 6 amide bonds. The molecule has 1 atom stereocenters. The third-order valence-electron chi connectivity index (χ3n) is 16.9. The number of amides is 6. The molecule has 18 nitrogen and oxygen atoms in total. The second-order valence-corrected chi connectivity index (χ2v) is 23.7. The van der Waals surface area contributed by atoms with Crippen LogP contribution in [0.15, 0.2) is 65.5 Å². The summed E-state index contributed by atoms with van der Waals surface area (Å²) >= 11 is 0. The molecule has 2 saturated carbocycles. The zero-order valence-electron chi connectivity index (χ0n) is 46.3. The lowest BCUT2D eigenvalue weighted by Crippen LogP contribution is -2.55. The van der Waals surface area contributed by atoms with Crippen molar-refractivity contribution in [3.63, 3.8) is 0 Å². The van der Waals surface area contributed by atoms with Crippen LogP contribution in [0, 0.1) is 17.6 Å². The van der Waals surface area contributed by atoms with E-state index in [2.05, 4.69) is 20.4 Å². The molecule has 80 heavy (non-hydrogen) atoms. The highest BCUT2D eigenvalue weighted by Gasteiger charge is 2.42. The Morgan fingerprint density at radius 3 is 2.06 bits per heavy atom. The maximum Gasteiger partial charge on any atom is 0.411 e. The average molecular weight is 1100 g/mol. The first-order valence-electron chi connectivity index (χ1n) is 28.8. The number of carbonyl (C=O) groups is 6. The van der Waals surface area contributed by atoms with Crippen LogP contribution in [-0.2, 0) is 30.3 Å². The molecule has 10 rings (SSSR count). The van der Waals surface area contributed by atoms with Crippen molar-refractivity contribution in [3.05, 3.63) is 111 Å². The molecule has 2 N–H and O–H groups in total. The molecule has 1 aromatic heterocycles. The molecule has 20 heteroatoms. The quantitative estimate of drug-likeness (QED) is 0.136. The number of nitrogens with zero attached hydrogens (tertiary/aromatic N) is 7. The van der Waals surface area contributed by atoms with E-state index in [0.29, 0.717) is 79.7 Å². The van der Waals surface area contributed by atoms with Gasteiger partial charge in [-0.25, -0.2) is 18.7 Å². The van der Waals surface area contributed by atoms with E-state index in [1.54, 1.807) is 65.8 Å². The summed E-state index contributed by atoms with van der Waals surface area (Å²) < 4.78 is 43.6. The summed E-state index contributed by atoms with van der Waals surface area (Å²) in [6.45, 7) is 9.57. The van der Waals surface area contributed by atoms with Crippen LogP contribution in [0.2, 0.25) is 0 Å². The predicted molar refractivity (Wildman–Crippen MR) is 294 cm³/mol. The third kappa shape index (κ3) is 13.3. The Bertz CT molecular complexity index is 3000. The van der Waals surface area contributed by atoms with Gasteiger partial charge in [0, 0.05) is 89.2 Å². The molecule has 5 heterocycles. The van der Waals surface area contributed by atoms with Gasteiger partial charge in [0.2, 0.25) is 17.7 Å². The zero-order chi connectivity index (χ0) is 56.2. The minimum absolute atomic E-state index is 0.0136. The molecule has 0 radical (unpaired) electrons. The van der Waals surface area contributed by atoms with Crippen LogP contribution < -0.4 is 10.9 Å². The number of aromatic amines is 1. The van der Waals surface area contributed by atoms with Crippen molar-refractivity contribution in [1.82, 2.24) is 44.9 Å². The van der Waals surface area contributed by atoms with Crippen molar-refractivity contribution in [3.8, 4) is 0 Å². The predicted octanol–water partition coefficient (Wildman–Crippen LogP) is 6.25. The molecule has 3 aromatic carbocycles. The first-order valence-corrected chi connectivity index (χ1v) is 28.8. The standard InChI is InChI=1S/C60H75F2N9O9/c1-60(2,3)80-59(78)71(41-17-18-41)37-52(73)70-34-40(35-70)44-14-9-15-47(53(44)62)55(74)63-54(39-10-5-4-6-11-39)58(77)68-26-22-43(23-27-68)79-42-20-24-66(25-21-42)36-51(72)67-28-30-69(31-29-67)57(76)48-32-38(16-19-49(48)61)33-50-45-12-7-8-13-46(45)56(75)65-64-50/h7-9,12-16,19,32,39-43,54H,4-6,10-11,17-18,20-31,33-37H2,1-3H3,(H,63,74)(H,65,75)/t54-/m1/s1. The fourth-order valence-corrected chi connectivity index (χ4v) is 12.1. The van der Waals surface area contributed by atoms with Crippen LogP contribution in [0.4, 0.5) is 13.6 Å². The molecule has 6 fully saturated rings. The second kappa shape index (κ2) is 24.5. The summed E-state index contributed by atoms with van der Waals surface area (Å²) in [4.78, 5) is 104. The Morgan fingerprint density at radius 2 is 1.39 bits per heavy atom. The number of hydrogen-bond donors (Lipinski definition) is 2. The Morgan fingerprint density at radius 1 is 0.725 bits per heavy atom. The van der Waals surface area contributed by atoms with E-state index in [4.69, 9.17) is 9.47 Å². The van der Waals surface area contributed by atoms with Gasteiger partial charge in [-0.05, 0) is 113 Å². The second-order valence-electron chi connectivity index (χ2n) is 23.7. The van der Waals surface area contributed by atoms with E-state index >= 15 is 8.78 Å². The third-order valence-corrected chi connectivity index (χ3v) is 16.9. The smallest absolute Gasteiger partial charge is 0.411 e. The number of H-pyrrole nitrogens is 1. The Balaban J connectivity index is 0.655. The number of ether oxygens (including phenoxy) is 2. The normalized spacial score (nSPS) is 19.6. The zero-order valence-corrected chi connectivity index (χ0v) is 46.3. The number of piperazine rings is 1. The summed E-state index contributed by atoms with van der Waals surface area (Å²) in [5, 5.41) is 10.9. The summed E-state index contributed by atoms with van der Waals surface area (Å²) in [5.74, 6) is -3.17. The molecule has 0 spiro atoms. The van der Waals surface area contributed by atoms with Gasteiger partial charge in [0.15, 0.2) is 0 Å². The van der Waals surface area contributed by atoms with E-state index in [1.165, 1.54) is 23.1 Å². The number of fused-ring (bicyclic) bond motifs is 1. The molecule has 0 unspecified atom stereocenters. The monoisotopic (exact) mass is 1100 g/mol. The highest BCUT2D eigenvalue weighted by atomic mass is 19.1. The molecule has 4 aromatic rings. The van der Waals surface area contributed by atoms with Crippen LogP contribution in [0.5, 0.6) is 0 Å². The van der Waals surface area contributed by atoms with Crippen molar-refractivity contribution >= 4 is 46.4 Å². The molecule has 428 valence electrons. The van der Waals surface area contributed by atoms with Gasteiger partial charge in [0.25, 0.3) is 17.4 Å². The van der Waals surface area contributed by atoms with E-state index in [-0.39, 0.29) is 110 Å². The number of aromatic nitrogens is 2. The SMILES string of the molecule is CC(C)(C)OC(=O)N(CC(=O)N1CC(c2cccc(C(=O)N[C@@H](C(=O)N3CCC(OC4CCN(CC(=O)N5CCN(C(=O)c6cc(Cc7n[nH]c(=O)c8ccccc78)ccc6F)CC5)CC4)CC3)C3CCCCC3)c2F)C1)C1CC1. The van der Waals surface area contributed by atoms with Crippen molar-refractivity contribution in [2.45, 2.75) is 134 Å². The van der Waals surface area contributed by atoms with Gasteiger partial charge in [-0.3, -0.25) is 38.6 Å². The Labute approximate surface area is 465 Å². The maximum absolute atomic E-state index is 16.3. The first-order chi connectivity index (χ1) is 38.5. The van der Waals surface area contributed by atoms with Crippen LogP contribution in [0.3, 0.4) is 0 Å². The fraction of sp³-hybridized carbons (Fsp3) is 0.567. The number of piperidine rings is 2. The number of nitrogens with one attached hydrogen (secondary N) is 2. The van der Waals surface area contributed by atoms with Crippen LogP contribution >= 0.6 is 0 Å². The number of benzene rings is 3. The van der Waals surface area contributed by atoms with Crippen molar-refractivity contribution < 1.29 is 47.0 Å². The van der Waals surface area contributed by atoms with Gasteiger partial charge in [-0.15, -0.1) is 0 Å². The first kappa shape index (κ1) is 56.5. The molecule has 4 aliphatic heterocycles. The number of halogens is 2. The van der Waals surface area contributed by atoms with Gasteiger partial charge in [0.1, 0.15) is 29.8 Å². The van der Waals surface area contributed by atoms with Gasteiger partial charge in [-0.2, -0.15) is 5.10 Å². The summed E-state index contributed by atoms with van der Waals surface area (Å²) in [6, 6.07) is 15.5. The number of likely N-dealkylation sites (tertiary alicyclic amines) is 3. The molecule has 2 aliphatic carbocycles. The number of carbonyl (C=O) groups excluding carboxylic acids is 6. The van der Waals surface area contributed by atoms with Gasteiger partial charge >= 0.3 is 6.09 Å². The molecular weight excluding hydrogens is 1030 g/mol. The number of hydrogen-bond acceptors (Lipinski definition) is 11. The average Bonchev–Trinajstić information content (AvgIpc) is 4.30. The van der Waals surface area contributed by atoms with Crippen molar-refractivity contribution in [1.29, 1.82) is 0 Å². The minimum Gasteiger partial charge on any atom is -0.444 e. The summed E-state index contributed by atoms with van der Waals surface area (Å²) in [5.41, 5.74) is 0.450. The lowest BCUT2D eigenvalue weighted by Gasteiger charge is -2.41. The lowest BCUT2D eigenvalue weighted by molar-refractivity contribution is -0.140. The summed E-state index contributed by atoms with van der Waals surface area (Å²) in [6.07, 6.45) is 8.70. The largest absolute Gasteiger partial charge is 0.444 e. The minimum atomic E-state index is -0.799. The Kier molecular flexibility index (Phi) is 17.3. The van der Waals surface area contributed by atoms with Crippen LogP contribution in [0.25, 0.3) is 10.8 Å². The molecule has 4 saturated heterocycles. The van der Waals surface area contributed by atoms with E-state index < -0.39 is 41.2 Å². The van der Waals surface area contributed by atoms with Gasteiger partial charge in [-0.1, -0.05) is 55.7 Å². The van der Waals surface area contributed by atoms with Crippen LogP contribution in [-0.4, -0.2) is 184 Å². The fourth-order valence-electron chi connectivity index (χ4n) is 12.1. The highest BCUT2D eigenvalue weighted by molar-refractivity contribution is 5.98. The maximum atomic E-state index is 16.3. The molecule has 0 bridgehead atoms. The van der Waals surface area contributed by atoms with E-state index in [0.717, 1.165) is 57.8 Å². The highest BCUT2D eigenvalue weighted by Crippen LogP contribution is 2.34. The van der Waals surface area contributed by atoms with Crippen molar-refractivity contribution in [2.75, 3.05) is 78.5 Å². The van der Waals surface area contributed by atoms with Gasteiger partial charge < -0.3 is 34.4 Å². The van der Waals surface area contributed by atoms with Crippen molar-refractivity contribution in [2.24, 2.45) is 5.92 Å². The van der Waals surface area contributed by atoms with E-state index in [1.807, 2.05) is 17.0 Å².